The molecule has 0 radical (unpaired) electrons. The van der Waals surface area contributed by atoms with Crippen LogP contribution in [-0.2, 0) is 11.3 Å². The summed E-state index contributed by atoms with van der Waals surface area (Å²) in [4.78, 5) is 23.9. The van der Waals surface area contributed by atoms with Crippen LogP contribution in [0.2, 0.25) is 0 Å². The monoisotopic (exact) mass is 260 g/mol. The molecule has 0 unspecified atom stereocenters. The lowest BCUT2D eigenvalue weighted by atomic mass is 10.2. The summed E-state index contributed by atoms with van der Waals surface area (Å²) in [6.07, 6.45) is 6.05. The van der Waals surface area contributed by atoms with E-state index >= 15 is 0 Å². The van der Waals surface area contributed by atoms with E-state index in [1.165, 1.54) is 21.9 Å². The van der Waals surface area contributed by atoms with Gasteiger partial charge in [-0.25, -0.2) is 9.48 Å². The highest BCUT2D eigenvalue weighted by Crippen LogP contribution is 2.17. The van der Waals surface area contributed by atoms with E-state index in [0.29, 0.717) is 5.65 Å². The van der Waals surface area contributed by atoms with Crippen molar-refractivity contribution < 1.29 is 4.79 Å². The molecule has 19 heavy (non-hydrogen) atoms. The Hall–Kier alpha value is -2.11. The van der Waals surface area contributed by atoms with Crippen molar-refractivity contribution in [3.63, 3.8) is 0 Å². The van der Waals surface area contributed by atoms with Gasteiger partial charge in [-0.15, -0.1) is 5.10 Å². The third kappa shape index (κ3) is 2.38. The zero-order valence-electron chi connectivity index (χ0n) is 10.6. The fourth-order valence-electron chi connectivity index (χ4n) is 2.55. The van der Waals surface area contributed by atoms with Gasteiger partial charge >= 0.3 is 5.69 Å². The topological polar surface area (TPSA) is 68.4 Å². The number of carbonyl (C=O) groups excluding carboxylic acids is 1. The summed E-state index contributed by atoms with van der Waals surface area (Å²) in [6, 6.07) is 5.58. The Labute approximate surface area is 110 Å². The summed E-state index contributed by atoms with van der Waals surface area (Å²) in [5, 5.41) is 7.08. The van der Waals surface area contributed by atoms with Crippen molar-refractivity contribution in [2.75, 3.05) is 0 Å². The quantitative estimate of drug-likeness (QED) is 0.876. The highest BCUT2D eigenvalue weighted by atomic mass is 16.2. The van der Waals surface area contributed by atoms with Gasteiger partial charge in [0, 0.05) is 12.2 Å². The molecule has 3 rings (SSSR count). The molecule has 2 aromatic rings. The largest absolute Gasteiger partial charge is 0.352 e. The zero-order valence-corrected chi connectivity index (χ0v) is 10.6. The number of amides is 1. The van der Waals surface area contributed by atoms with E-state index in [1.54, 1.807) is 18.3 Å². The molecule has 100 valence electrons. The molecule has 1 amide bonds. The lowest BCUT2D eigenvalue weighted by molar-refractivity contribution is -0.122. The summed E-state index contributed by atoms with van der Waals surface area (Å²) in [5.74, 6) is -0.141. The van der Waals surface area contributed by atoms with Crippen LogP contribution >= 0.6 is 0 Å². The molecule has 0 spiro atoms. The second-order valence-corrected chi connectivity index (χ2v) is 4.92. The summed E-state index contributed by atoms with van der Waals surface area (Å²) in [5.41, 5.74) is 0.276. The van der Waals surface area contributed by atoms with Crippen molar-refractivity contribution in [3.8, 4) is 0 Å². The third-order valence-electron chi connectivity index (χ3n) is 3.50. The van der Waals surface area contributed by atoms with E-state index in [4.69, 9.17) is 0 Å². The first kappa shape index (κ1) is 12.0. The molecule has 0 bridgehead atoms. The number of aromatic nitrogens is 3. The van der Waals surface area contributed by atoms with Crippen LogP contribution in [0.4, 0.5) is 0 Å². The Kier molecular flexibility index (Phi) is 3.06. The predicted octanol–water partition coefficient (Wildman–Crippen LogP) is 0.555. The SMILES string of the molecule is O=C(Cn1nc2ccccn2c1=O)NC1CCCC1. The molecule has 0 atom stereocenters. The third-order valence-corrected chi connectivity index (χ3v) is 3.50. The minimum Gasteiger partial charge on any atom is -0.352 e. The second kappa shape index (κ2) is 4.87. The minimum absolute atomic E-state index is 0.0169. The Bertz CT molecular complexity index is 652. The Morgan fingerprint density at radius 3 is 2.89 bits per heavy atom. The molecule has 0 aliphatic heterocycles. The molecule has 0 aromatic carbocycles. The Balaban J connectivity index is 1.75. The molecule has 2 aromatic heterocycles. The van der Waals surface area contributed by atoms with E-state index in [-0.39, 0.29) is 24.2 Å². The molecule has 1 aliphatic rings. The fraction of sp³-hybridized carbons (Fsp3) is 0.462. The zero-order chi connectivity index (χ0) is 13.2. The van der Waals surface area contributed by atoms with Gasteiger partial charge in [0.2, 0.25) is 5.91 Å². The number of nitrogens with one attached hydrogen (secondary N) is 1. The molecular formula is C13H16N4O2. The van der Waals surface area contributed by atoms with Crippen molar-refractivity contribution in [3.05, 3.63) is 34.9 Å². The smallest absolute Gasteiger partial charge is 0.350 e. The lowest BCUT2D eigenvalue weighted by Gasteiger charge is -2.10. The van der Waals surface area contributed by atoms with E-state index in [2.05, 4.69) is 10.4 Å². The Morgan fingerprint density at radius 1 is 1.37 bits per heavy atom. The van der Waals surface area contributed by atoms with Crippen LogP contribution in [0.3, 0.4) is 0 Å². The van der Waals surface area contributed by atoms with Crippen LogP contribution in [0.5, 0.6) is 0 Å². The minimum atomic E-state index is -0.280. The number of nitrogens with zero attached hydrogens (tertiary/aromatic N) is 3. The number of hydrogen-bond acceptors (Lipinski definition) is 3. The van der Waals surface area contributed by atoms with E-state index in [1.807, 2.05) is 6.07 Å². The van der Waals surface area contributed by atoms with Gasteiger partial charge in [-0.2, -0.15) is 0 Å². The van der Waals surface area contributed by atoms with Crippen LogP contribution in [0, 0.1) is 0 Å². The molecule has 1 fully saturated rings. The first-order valence-electron chi connectivity index (χ1n) is 6.57. The van der Waals surface area contributed by atoms with Crippen LogP contribution in [0.15, 0.2) is 29.2 Å². The standard InChI is InChI=1S/C13H16N4O2/c18-12(14-10-5-1-2-6-10)9-17-13(19)16-8-4-3-7-11(16)15-17/h3-4,7-8,10H,1-2,5-6,9H2,(H,14,18). The van der Waals surface area contributed by atoms with E-state index in [0.717, 1.165) is 12.8 Å². The van der Waals surface area contributed by atoms with Gasteiger partial charge in [0.25, 0.3) is 0 Å². The fourth-order valence-corrected chi connectivity index (χ4v) is 2.55. The highest BCUT2D eigenvalue weighted by molar-refractivity contribution is 5.76. The molecule has 2 heterocycles. The van der Waals surface area contributed by atoms with Crippen molar-refractivity contribution in [2.45, 2.75) is 38.3 Å². The molecule has 1 saturated carbocycles. The van der Waals surface area contributed by atoms with Gasteiger partial charge in [0.1, 0.15) is 6.54 Å². The van der Waals surface area contributed by atoms with Gasteiger partial charge in [0.15, 0.2) is 5.65 Å². The van der Waals surface area contributed by atoms with Gasteiger partial charge in [0.05, 0.1) is 0 Å². The number of carbonyl (C=O) groups is 1. The summed E-state index contributed by atoms with van der Waals surface area (Å²) >= 11 is 0. The number of fused-ring (bicyclic) bond motifs is 1. The summed E-state index contributed by atoms with van der Waals surface area (Å²) < 4.78 is 2.64. The van der Waals surface area contributed by atoms with Crippen molar-refractivity contribution in [2.24, 2.45) is 0 Å². The highest BCUT2D eigenvalue weighted by Gasteiger charge is 2.18. The average Bonchev–Trinajstić information content (AvgIpc) is 3.00. The first-order valence-corrected chi connectivity index (χ1v) is 6.57. The lowest BCUT2D eigenvalue weighted by Crippen LogP contribution is -2.37. The van der Waals surface area contributed by atoms with Crippen molar-refractivity contribution >= 4 is 11.6 Å². The van der Waals surface area contributed by atoms with Crippen LogP contribution in [0.1, 0.15) is 25.7 Å². The van der Waals surface area contributed by atoms with Gasteiger partial charge < -0.3 is 5.32 Å². The summed E-state index contributed by atoms with van der Waals surface area (Å²) in [7, 11) is 0. The van der Waals surface area contributed by atoms with E-state index in [9.17, 15) is 9.59 Å². The van der Waals surface area contributed by atoms with Gasteiger partial charge in [-0.1, -0.05) is 18.9 Å². The van der Waals surface area contributed by atoms with Crippen LogP contribution < -0.4 is 11.0 Å². The maximum Gasteiger partial charge on any atom is 0.350 e. The molecule has 1 aliphatic carbocycles. The number of hydrogen-bond donors (Lipinski definition) is 1. The van der Waals surface area contributed by atoms with Crippen molar-refractivity contribution in [1.29, 1.82) is 0 Å². The van der Waals surface area contributed by atoms with Crippen LogP contribution in [0.25, 0.3) is 5.65 Å². The van der Waals surface area contributed by atoms with Crippen molar-refractivity contribution in [1.82, 2.24) is 19.5 Å². The molecule has 1 N–H and O–H groups in total. The summed E-state index contributed by atoms with van der Waals surface area (Å²) in [6.45, 7) is -0.0169. The normalized spacial score (nSPS) is 16.0. The first-order chi connectivity index (χ1) is 9.24. The molecule has 0 saturated heterocycles. The van der Waals surface area contributed by atoms with Gasteiger partial charge in [-0.05, 0) is 25.0 Å². The van der Waals surface area contributed by atoms with Gasteiger partial charge in [-0.3, -0.25) is 9.20 Å². The maximum atomic E-state index is 12.0. The average molecular weight is 260 g/mol. The number of rotatable bonds is 3. The van der Waals surface area contributed by atoms with Crippen LogP contribution in [-0.4, -0.2) is 26.1 Å². The second-order valence-electron chi connectivity index (χ2n) is 4.92. The molecular weight excluding hydrogens is 244 g/mol. The van der Waals surface area contributed by atoms with E-state index < -0.39 is 0 Å². The molecule has 6 heteroatoms. The molecule has 6 nitrogen and oxygen atoms in total. The number of pyridine rings is 1. The maximum absolute atomic E-state index is 12.0. The predicted molar refractivity (Wildman–Crippen MR) is 69.9 cm³/mol. The Morgan fingerprint density at radius 2 is 2.16 bits per heavy atom.